The van der Waals surface area contributed by atoms with Crippen molar-refractivity contribution in [1.29, 1.82) is 0 Å². The van der Waals surface area contributed by atoms with Crippen LogP contribution in [0.4, 0.5) is 17.1 Å². The van der Waals surface area contributed by atoms with Gasteiger partial charge in [-0.2, -0.15) is 0 Å². The monoisotopic (exact) mass is 357 g/mol. The van der Waals surface area contributed by atoms with Crippen molar-refractivity contribution in [2.45, 2.75) is 26.3 Å². The second kappa shape index (κ2) is 7.23. The van der Waals surface area contributed by atoms with E-state index < -0.39 is 0 Å². The smallest absolute Gasteiger partial charge is 0.276 e. The van der Waals surface area contributed by atoms with Gasteiger partial charge in [0, 0.05) is 35.8 Å². The van der Waals surface area contributed by atoms with Crippen molar-refractivity contribution in [1.82, 2.24) is 4.98 Å². The molecule has 136 valence electrons. The average Bonchev–Trinajstić information content (AvgIpc) is 3.05. The first-order valence-corrected chi connectivity index (χ1v) is 9.39. The van der Waals surface area contributed by atoms with E-state index in [1.165, 1.54) is 11.3 Å². The molecule has 0 N–H and O–H groups in total. The summed E-state index contributed by atoms with van der Waals surface area (Å²) in [5.41, 5.74) is 4.92. The minimum Gasteiger partial charge on any atom is -0.338 e. The largest absolute Gasteiger partial charge is 0.338 e. The molecule has 0 saturated heterocycles. The van der Waals surface area contributed by atoms with Gasteiger partial charge < -0.3 is 9.80 Å². The number of para-hydroxylation sites is 2. The molecule has 0 spiro atoms. The van der Waals surface area contributed by atoms with Crippen molar-refractivity contribution in [3.05, 3.63) is 84.2 Å². The Morgan fingerprint density at radius 3 is 2.63 bits per heavy atom. The quantitative estimate of drug-likeness (QED) is 0.671. The first-order valence-electron chi connectivity index (χ1n) is 9.39. The summed E-state index contributed by atoms with van der Waals surface area (Å²) in [5.74, 6) is -0.0781. The fraction of sp³-hybridized carbons (Fsp3) is 0.217. The Balaban J connectivity index is 1.68. The summed E-state index contributed by atoms with van der Waals surface area (Å²) in [6, 6.07) is 22.4. The topological polar surface area (TPSA) is 36.4 Å². The number of pyridine rings is 1. The normalized spacial score (nSPS) is 15.5. The van der Waals surface area contributed by atoms with Gasteiger partial charge >= 0.3 is 0 Å². The standard InChI is InChI=1S/C23H23N3O/c1-3-25(19-10-5-4-6-11-19)23(27)21-16-20(13-14-24-21)26-17(2)15-18-9-7-8-12-22(18)26/h4-14,16-17H,3,15H2,1-2H3. The van der Waals surface area contributed by atoms with Gasteiger partial charge in [0.25, 0.3) is 5.91 Å². The first kappa shape index (κ1) is 17.3. The number of hydrogen-bond donors (Lipinski definition) is 0. The van der Waals surface area contributed by atoms with Crippen molar-refractivity contribution in [3.63, 3.8) is 0 Å². The third kappa shape index (κ3) is 3.19. The maximum absolute atomic E-state index is 13.1. The van der Waals surface area contributed by atoms with Crippen molar-refractivity contribution < 1.29 is 4.79 Å². The summed E-state index contributed by atoms with van der Waals surface area (Å²) in [5, 5.41) is 0. The third-order valence-electron chi connectivity index (χ3n) is 5.08. The molecule has 1 unspecified atom stereocenters. The lowest BCUT2D eigenvalue weighted by Gasteiger charge is -2.26. The molecular formula is C23H23N3O. The second-order valence-electron chi connectivity index (χ2n) is 6.84. The molecule has 0 saturated carbocycles. The van der Waals surface area contributed by atoms with E-state index in [0.29, 0.717) is 18.3 Å². The predicted octanol–water partition coefficient (Wildman–Crippen LogP) is 4.83. The van der Waals surface area contributed by atoms with Crippen LogP contribution in [0, 0.1) is 0 Å². The highest BCUT2D eigenvalue weighted by atomic mass is 16.2. The number of benzene rings is 2. The van der Waals surface area contributed by atoms with E-state index in [-0.39, 0.29) is 5.91 Å². The van der Waals surface area contributed by atoms with Crippen LogP contribution in [0.3, 0.4) is 0 Å². The Bertz CT molecular complexity index is 955. The summed E-state index contributed by atoms with van der Waals surface area (Å²) < 4.78 is 0. The number of carbonyl (C=O) groups is 1. The summed E-state index contributed by atoms with van der Waals surface area (Å²) >= 11 is 0. The molecule has 0 fully saturated rings. The summed E-state index contributed by atoms with van der Waals surface area (Å²) in [7, 11) is 0. The van der Waals surface area contributed by atoms with Gasteiger partial charge in [-0.15, -0.1) is 0 Å². The summed E-state index contributed by atoms with van der Waals surface area (Å²) in [6.45, 7) is 4.79. The average molecular weight is 357 g/mol. The van der Waals surface area contributed by atoms with Crippen LogP contribution in [-0.4, -0.2) is 23.5 Å². The van der Waals surface area contributed by atoms with Crippen LogP contribution in [0.15, 0.2) is 72.9 Å². The Kier molecular flexibility index (Phi) is 4.63. The predicted molar refractivity (Wildman–Crippen MR) is 110 cm³/mol. The molecule has 0 bridgehead atoms. The molecule has 1 amide bonds. The van der Waals surface area contributed by atoms with Gasteiger partial charge in [0.2, 0.25) is 0 Å². The van der Waals surface area contributed by atoms with Crippen molar-refractivity contribution in [3.8, 4) is 0 Å². The SMILES string of the molecule is CCN(C(=O)c1cc(N2c3ccccc3CC2C)ccn1)c1ccccc1. The molecule has 2 aromatic carbocycles. The van der Waals surface area contributed by atoms with Crippen molar-refractivity contribution in [2.24, 2.45) is 0 Å². The minimum absolute atomic E-state index is 0.0781. The fourth-order valence-electron chi connectivity index (χ4n) is 3.83. The van der Waals surface area contributed by atoms with Gasteiger partial charge in [0.1, 0.15) is 5.69 Å². The highest BCUT2D eigenvalue weighted by Gasteiger charge is 2.27. The van der Waals surface area contributed by atoms with E-state index in [9.17, 15) is 4.79 Å². The van der Waals surface area contributed by atoms with Crippen LogP contribution in [0.5, 0.6) is 0 Å². The highest BCUT2D eigenvalue weighted by Crippen LogP contribution is 2.38. The lowest BCUT2D eigenvalue weighted by molar-refractivity contribution is 0.0983. The molecule has 0 aliphatic carbocycles. The van der Waals surface area contributed by atoms with Gasteiger partial charge in [-0.25, -0.2) is 0 Å². The Labute approximate surface area is 160 Å². The minimum atomic E-state index is -0.0781. The number of aromatic nitrogens is 1. The Morgan fingerprint density at radius 1 is 1.11 bits per heavy atom. The molecular weight excluding hydrogens is 334 g/mol. The molecule has 0 radical (unpaired) electrons. The number of fused-ring (bicyclic) bond motifs is 1. The van der Waals surface area contributed by atoms with Crippen LogP contribution in [0.25, 0.3) is 0 Å². The maximum atomic E-state index is 13.1. The summed E-state index contributed by atoms with van der Waals surface area (Å²) in [6.07, 6.45) is 2.74. The Hall–Kier alpha value is -3.14. The van der Waals surface area contributed by atoms with Gasteiger partial charge in [-0.05, 0) is 56.2 Å². The molecule has 4 rings (SSSR count). The van der Waals surface area contributed by atoms with E-state index in [2.05, 4.69) is 41.1 Å². The zero-order chi connectivity index (χ0) is 18.8. The van der Waals surface area contributed by atoms with Crippen LogP contribution in [-0.2, 0) is 6.42 Å². The molecule has 4 nitrogen and oxygen atoms in total. The second-order valence-corrected chi connectivity index (χ2v) is 6.84. The van der Waals surface area contributed by atoms with Crippen LogP contribution >= 0.6 is 0 Å². The highest BCUT2D eigenvalue weighted by molar-refractivity contribution is 6.05. The van der Waals surface area contributed by atoms with E-state index >= 15 is 0 Å². The van der Waals surface area contributed by atoms with Crippen molar-refractivity contribution >= 4 is 23.0 Å². The molecule has 4 heteroatoms. The van der Waals surface area contributed by atoms with Crippen LogP contribution in [0.2, 0.25) is 0 Å². The molecule has 1 aromatic heterocycles. The molecule has 3 aromatic rings. The number of amides is 1. The van der Waals surface area contributed by atoms with E-state index in [0.717, 1.165) is 17.8 Å². The van der Waals surface area contributed by atoms with Crippen LogP contribution in [0.1, 0.15) is 29.9 Å². The van der Waals surface area contributed by atoms with E-state index in [4.69, 9.17) is 0 Å². The van der Waals surface area contributed by atoms with Gasteiger partial charge in [0.15, 0.2) is 0 Å². The zero-order valence-electron chi connectivity index (χ0n) is 15.7. The zero-order valence-corrected chi connectivity index (χ0v) is 15.7. The first-order chi connectivity index (χ1) is 13.2. The molecule has 1 aliphatic heterocycles. The maximum Gasteiger partial charge on any atom is 0.276 e. The number of hydrogen-bond acceptors (Lipinski definition) is 3. The van der Waals surface area contributed by atoms with Crippen molar-refractivity contribution in [2.75, 3.05) is 16.3 Å². The van der Waals surface area contributed by atoms with E-state index in [1.807, 2.05) is 49.4 Å². The number of anilines is 3. The number of nitrogens with zero attached hydrogens (tertiary/aromatic N) is 3. The molecule has 1 aliphatic rings. The third-order valence-corrected chi connectivity index (χ3v) is 5.08. The number of carbonyl (C=O) groups excluding carboxylic acids is 1. The Morgan fingerprint density at radius 2 is 1.85 bits per heavy atom. The molecule has 1 atom stereocenters. The van der Waals surface area contributed by atoms with E-state index in [1.54, 1.807) is 11.1 Å². The lowest BCUT2D eigenvalue weighted by atomic mass is 10.1. The molecule has 27 heavy (non-hydrogen) atoms. The molecule has 2 heterocycles. The summed E-state index contributed by atoms with van der Waals surface area (Å²) in [4.78, 5) is 21.5. The van der Waals surface area contributed by atoms with Gasteiger partial charge in [0.05, 0.1) is 0 Å². The number of rotatable bonds is 4. The van der Waals surface area contributed by atoms with Crippen LogP contribution < -0.4 is 9.80 Å². The lowest BCUT2D eigenvalue weighted by Crippen LogP contribution is -2.31. The van der Waals surface area contributed by atoms with Gasteiger partial charge in [-0.1, -0.05) is 36.4 Å². The fourth-order valence-corrected chi connectivity index (χ4v) is 3.83. The van der Waals surface area contributed by atoms with Gasteiger partial charge in [-0.3, -0.25) is 9.78 Å².